The molecule has 0 bridgehead atoms. The molecule has 0 unspecified atom stereocenters. The lowest BCUT2D eigenvalue weighted by Gasteiger charge is -2.16. The maximum absolute atomic E-state index is 12.6. The van der Waals surface area contributed by atoms with Crippen molar-refractivity contribution in [2.45, 2.75) is 32.3 Å². The molecule has 2 aromatic carbocycles. The van der Waals surface area contributed by atoms with Crippen molar-refractivity contribution in [3.63, 3.8) is 0 Å². The quantitative estimate of drug-likeness (QED) is 0.707. The highest BCUT2D eigenvalue weighted by atomic mass is 19.4. The van der Waals surface area contributed by atoms with Gasteiger partial charge in [-0.15, -0.1) is 13.2 Å². The lowest BCUT2D eigenvalue weighted by Crippen LogP contribution is -2.23. The number of halogens is 3. The standard InChI is InChI=1S/C21H23F3N2O2/c1-25(2)11-3-4-15-7-10-19-17(12-15)14-26(20(19)27)13-16-5-8-18(9-6-16)28-21(22,23)24/h5-10,12H,3-4,11,13-14H2,1-2H3. The Morgan fingerprint density at radius 1 is 1.07 bits per heavy atom. The molecule has 0 atom stereocenters. The van der Waals surface area contributed by atoms with Crippen molar-refractivity contribution >= 4 is 5.91 Å². The second-order valence-corrected chi connectivity index (χ2v) is 7.25. The number of aryl methyl sites for hydroxylation is 1. The van der Waals surface area contributed by atoms with E-state index in [0.29, 0.717) is 18.7 Å². The van der Waals surface area contributed by atoms with Crippen LogP contribution < -0.4 is 4.74 Å². The number of nitrogens with zero attached hydrogens (tertiary/aromatic N) is 2. The van der Waals surface area contributed by atoms with Crippen molar-refractivity contribution < 1.29 is 22.7 Å². The van der Waals surface area contributed by atoms with E-state index in [1.807, 2.05) is 26.2 Å². The van der Waals surface area contributed by atoms with Gasteiger partial charge in [0.15, 0.2) is 0 Å². The minimum Gasteiger partial charge on any atom is -0.406 e. The third-order valence-corrected chi connectivity index (χ3v) is 4.65. The summed E-state index contributed by atoms with van der Waals surface area (Å²) in [6.07, 6.45) is -2.70. The number of ether oxygens (including phenoxy) is 1. The van der Waals surface area contributed by atoms with Crippen molar-refractivity contribution in [3.8, 4) is 5.75 Å². The summed E-state index contributed by atoms with van der Waals surface area (Å²) in [5.74, 6) is -0.319. The first-order valence-electron chi connectivity index (χ1n) is 9.12. The van der Waals surface area contributed by atoms with Gasteiger partial charge in [0.2, 0.25) is 0 Å². The molecule has 0 radical (unpaired) electrons. The predicted molar refractivity (Wildman–Crippen MR) is 100 cm³/mol. The average Bonchev–Trinajstić information content (AvgIpc) is 2.90. The molecule has 0 N–H and O–H groups in total. The molecule has 4 nitrogen and oxygen atoms in total. The molecule has 3 rings (SSSR count). The molecule has 0 spiro atoms. The zero-order chi connectivity index (χ0) is 20.3. The molecule has 1 heterocycles. The topological polar surface area (TPSA) is 32.8 Å². The zero-order valence-corrected chi connectivity index (χ0v) is 15.9. The van der Waals surface area contributed by atoms with Crippen LogP contribution >= 0.6 is 0 Å². The molecule has 2 aromatic rings. The fourth-order valence-corrected chi connectivity index (χ4v) is 3.33. The molecule has 1 amide bonds. The van der Waals surface area contributed by atoms with Gasteiger partial charge in [-0.3, -0.25) is 4.79 Å². The van der Waals surface area contributed by atoms with Crippen molar-refractivity contribution in [2.75, 3.05) is 20.6 Å². The highest BCUT2D eigenvalue weighted by molar-refractivity contribution is 5.98. The van der Waals surface area contributed by atoms with Gasteiger partial charge in [0.25, 0.3) is 5.91 Å². The number of hydrogen-bond donors (Lipinski definition) is 0. The Hall–Kier alpha value is -2.54. The van der Waals surface area contributed by atoms with E-state index < -0.39 is 6.36 Å². The van der Waals surface area contributed by atoms with E-state index in [0.717, 1.165) is 30.5 Å². The average molecular weight is 392 g/mol. The first-order valence-corrected chi connectivity index (χ1v) is 9.12. The number of alkyl halides is 3. The van der Waals surface area contributed by atoms with Gasteiger partial charge >= 0.3 is 6.36 Å². The van der Waals surface area contributed by atoms with E-state index in [1.54, 1.807) is 17.0 Å². The first-order chi connectivity index (χ1) is 13.2. The fraction of sp³-hybridized carbons (Fsp3) is 0.381. The Bertz CT molecular complexity index is 833. The van der Waals surface area contributed by atoms with Crippen molar-refractivity contribution in [1.82, 2.24) is 9.80 Å². The molecule has 1 aliphatic rings. The maximum atomic E-state index is 12.6. The van der Waals surface area contributed by atoms with Crippen LogP contribution in [0, 0.1) is 0 Å². The third-order valence-electron chi connectivity index (χ3n) is 4.65. The summed E-state index contributed by atoms with van der Waals surface area (Å²) in [5, 5.41) is 0. The van der Waals surface area contributed by atoms with Gasteiger partial charge in [-0.05, 0) is 68.4 Å². The Morgan fingerprint density at radius 3 is 2.39 bits per heavy atom. The second-order valence-electron chi connectivity index (χ2n) is 7.25. The molecule has 0 aromatic heterocycles. The molecule has 0 aliphatic carbocycles. The van der Waals surface area contributed by atoms with E-state index in [2.05, 4.69) is 15.7 Å². The summed E-state index contributed by atoms with van der Waals surface area (Å²) in [6.45, 7) is 1.86. The van der Waals surface area contributed by atoms with Crippen LogP contribution in [0.15, 0.2) is 42.5 Å². The van der Waals surface area contributed by atoms with Crippen LogP contribution in [-0.2, 0) is 19.5 Å². The zero-order valence-electron chi connectivity index (χ0n) is 15.9. The van der Waals surface area contributed by atoms with E-state index in [-0.39, 0.29) is 11.7 Å². The number of benzene rings is 2. The van der Waals surface area contributed by atoms with Crippen LogP contribution in [0.4, 0.5) is 13.2 Å². The van der Waals surface area contributed by atoms with Crippen molar-refractivity contribution in [2.24, 2.45) is 0 Å². The summed E-state index contributed by atoms with van der Waals surface area (Å²) < 4.78 is 40.6. The summed E-state index contributed by atoms with van der Waals surface area (Å²) >= 11 is 0. The first kappa shape index (κ1) is 20.2. The minimum absolute atomic E-state index is 0.0505. The van der Waals surface area contributed by atoms with Crippen LogP contribution in [0.2, 0.25) is 0 Å². The van der Waals surface area contributed by atoms with E-state index in [4.69, 9.17) is 0 Å². The largest absolute Gasteiger partial charge is 0.573 e. The van der Waals surface area contributed by atoms with Gasteiger partial charge in [-0.25, -0.2) is 0 Å². The Labute approximate surface area is 162 Å². The van der Waals surface area contributed by atoms with Crippen LogP contribution in [0.3, 0.4) is 0 Å². The van der Waals surface area contributed by atoms with Crippen LogP contribution in [0.25, 0.3) is 0 Å². The predicted octanol–water partition coefficient (Wildman–Crippen LogP) is 4.24. The second kappa shape index (κ2) is 8.22. The third kappa shape index (κ3) is 5.25. The van der Waals surface area contributed by atoms with Gasteiger partial charge < -0.3 is 14.5 Å². The van der Waals surface area contributed by atoms with E-state index in [9.17, 15) is 18.0 Å². The number of carbonyl (C=O) groups excluding carboxylic acids is 1. The minimum atomic E-state index is -4.71. The van der Waals surface area contributed by atoms with Crippen LogP contribution in [0.5, 0.6) is 5.75 Å². The number of fused-ring (bicyclic) bond motifs is 1. The van der Waals surface area contributed by atoms with E-state index >= 15 is 0 Å². The lowest BCUT2D eigenvalue weighted by atomic mass is 10.0. The molecule has 7 heteroatoms. The van der Waals surface area contributed by atoms with Crippen LogP contribution in [0.1, 0.15) is 33.5 Å². The Kier molecular flexibility index (Phi) is 5.93. The van der Waals surface area contributed by atoms with Gasteiger partial charge in [-0.2, -0.15) is 0 Å². The lowest BCUT2D eigenvalue weighted by molar-refractivity contribution is -0.274. The number of carbonyl (C=O) groups is 1. The molecular weight excluding hydrogens is 369 g/mol. The summed E-state index contributed by atoms with van der Waals surface area (Å²) in [6, 6.07) is 11.6. The molecule has 0 saturated heterocycles. The molecule has 0 fully saturated rings. The van der Waals surface area contributed by atoms with Crippen molar-refractivity contribution in [3.05, 3.63) is 64.7 Å². The highest BCUT2D eigenvalue weighted by Gasteiger charge is 2.31. The van der Waals surface area contributed by atoms with Crippen molar-refractivity contribution in [1.29, 1.82) is 0 Å². The van der Waals surface area contributed by atoms with E-state index in [1.165, 1.54) is 17.7 Å². The molecular formula is C21H23F3N2O2. The Balaban J connectivity index is 1.62. The smallest absolute Gasteiger partial charge is 0.406 e. The number of amides is 1. The summed E-state index contributed by atoms with van der Waals surface area (Å²) in [5.41, 5.74) is 3.67. The Morgan fingerprint density at radius 2 is 1.75 bits per heavy atom. The SMILES string of the molecule is CN(C)CCCc1ccc2c(c1)CN(Cc1ccc(OC(F)(F)F)cc1)C2=O. The molecule has 1 aliphatic heterocycles. The van der Waals surface area contributed by atoms with Gasteiger partial charge in [-0.1, -0.05) is 24.3 Å². The fourth-order valence-electron chi connectivity index (χ4n) is 3.33. The maximum Gasteiger partial charge on any atom is 0.573 e. The van der Waals surface area contributed by atoms with Gasteiger partial charge in [0.05, 0.1) is 0 Å². The monoisotopic (exact) mass is 392 g/mol. The van der Waals surface area contributed by atoms with Gasteiger partial charge in [0, 0.05) is 18.7 Å². The molecule has 150 valence electrons. The summed E-state index contributed by atoms with van der Waals surface area (Å²) in [7, 11) is 4.09. The molecule has 28 heavy (non-hydrogen) atoms. The molecule has 0 saturated carbocycles. The number of rotatable bonds is 7. The summed E-state index contributed by atoms with van der Waals surface area (Å²) in [4.78, 5) is 16.5. The highest BCUT2D eigenvalue weighted by Crippen LogP contribution is 2.27. The van der Waals surface area contributed by atoms with Crippen LogP contribution in [-0.4, -0.2) is 42.7 Å². The van der Waals surface area contributed by atoms with Gasteiger partial charge in [0.1, 0.15) is 5.75 Å². The normalized spacial score (nSPS) is 13.9. The number of hydrogen-bond acceptors (Lipinski definition) is 3.